The Hall–Kier alpha value is -1.25. The largest absolute Gasteiger partial charge is 0.294 e. The van der Waals surface area contributed by atoms with Crippen LogP contribution in [0.3, 0.4) is 0 Å². The predicted octanol–water partition coefficient (Wildman–Crippen LogP) is 1.69. The zero-order valence-electron chi connectivity index (χ0n) is 9.82. The number of primary sulfonamides is 1. The first-order valence-electron chi connectivity index (χ1n) is 5.70. The first-order valence-corrected chi connectivity index (χ1v) is 8.04. The fourth-order valence-electron chi connectivity index (χ4n) is 1.93. The zero-order chi connectivity index (χ0) is 13.6. The molecular formula is C11H11BrN4O2S. The van der Waals surface area contributed by atoms with Gasteiger partial charge in [0.05, 0.1) is 0 Å². The minimum absolute atomic E-state index is 0.127. The van der Waals surface area contributed by atoms with E-state index in [0.29, 0.717) is 5.82 Å². The Balaban J connectivity index is 2.17. The van der Waals surface area contributed by atoms with Crippen LogP contribution in [-0.4, -0.2) is 23.2 Å². The van der Waals surface area contributed by atoms with Gasteiger partial charge in [0, 0.05) is 16.1 Å². The average molecular weight is 343 g/mol. The summed E-state index contributed by atoms with van der Waals surface area (Å²) in [6.45, 7) is 0. The maximum atomic E-state index is 11.5. The van der Waals surface area contributed by atoms with Crippen molar-refractivity contribution in [3.8, 4) is 11.4 Å². The van der Waals surface area contributed by atoms with E-state index in [1.54, 1.807) is 4.57 Å². The first-order chi connectivity index (χ1) is 8.97. The summed E-state index contributed by atoms with van der Waals surface area (Å²) in [5.41, 5.74) is 0.817. The van der Waals surface area contributed by atoms with Crippen molar-refractivity contribution in [2.75, 3.05) is 0 Å². The molecule has 6 nitrogen and oxygen atoms in total. The molecule has 1 aromatic carbocycles. The van der Waals surface area contributed by atoms with E-state index in [1.165, 1.54) is 0 Å². The average Bonchev–Trinajstić information content (AvgIpc) is 3.07. The van der Waals surface area contributed by atoms with Gasteiger partial charge >= 0.3 is 0 Å². The Morgan fingerprint density at radius 1 is 1.21 bits per heavy atom. The van der Waals surface area contributed by atoms with Crippen molar-refractivity contribution in [1.82, 2.24) is 14.8 Å². The van der Waals surface area contributed by atoms with Gasteiger partial charge in [0.2, 0.25) is 0 Å². The van der Waals surface area contributed by atoms with Gasteiger partial charge in [-0.15, -0.1) is 10.2 Å². The van der Waals surface area contributed by atoms with Crippen LogP contribution < -0.4 is 5.14 Å². The minimum Gasteiger partial charge on any atom is -0.294 e. The molecule has 8 heteroatoms. The van der Waals surface area contributed by atoms with E-state index in [-0.39, 0.29) is 11.2 Å². The summed E-state index contributed by atoms with van der Waals surface area (Å²) in [6, 6.07) is 7.59. The molecule has 0 spiro atoms. The van der Waals surface area contributed by atoms with Gasteiger partial charge in [-0.3, -0.25) is 4.57 Å². The summed E-state index contributed by atoms with van der Waals surface area (Å²) in [5.74, 6) is 0.541. The molecule has 0 saturated heterocycles. The van der Waals surface area contributed by atoms with Crippen molar-refractivity contribution >= 4 is 26.0 Å². The van der Waals surface area contributed by atoms with Gasteiger partial charge in [-0.1, -0.05) is 28.1 Å². The van der Waals surface area contributed by atoms with Crippen LogP contribution in [0.4, 0.5) is 0 Å². The molecule has 1 aliphatic rings. The minimum atomic E-state index is -3.85. The molecule has 1 aliphatic carbocycles. The predicted molar refractivity (Wildman–Crippen MR) is 72.8 cm³/mol. The SMILES string of the molecule is NS(=O)(=O)c1nnc(-c2ccc(Br)cc2)n1C1CC1. The fourth-order valence-corrected chi connectivity index (χ4v) is 2.86. The van der Waals surface area contributed by atoms with Gasteiger partial charge in [0.15, 0.2) is 5.82 Å². The Morgan fingerprint density at radius 2 is 1.84 bits per heavy atom. The molecular weight excluding hydrogens is 332 g/mol. The molecule has 1 aromatic heterocycles. The van der Waals surface area contributed by atoms with Crippen LogP contribution in [-0.2, 0) is 10.0 Å². The summed E-state index contributed by atoms with van der Waals surface area (Å²) in [5, 5.41) is 12.7. The highest BCUT2D eigenvalue weighted by Crippen LogP contribution is 2.39. The van der Waals surface area contributed by atoms with E-state index in [2.05, 4.69) is 26.1 Å². The highest BCUT2D eigenvalue weighted by atomic mass is 79.9. The van der Waals surface area contributed by atoms with E-state index in [0.717, 1.165) is 22.9 Å². The lowest BCUT2D eigenvalue weighted by Gasteiger charge is -2.07. The number of sulfonamides is 1. The first kappa shape index (κ1) is 12.8. The van der Waals surface area contributed by atoms with Gasteiger partial charge in [0.1, 0.15) is 0 Å². The van der Waals surface area contributed by atoms with Crippen molar-refractivity contribution in [2.24, 2.45) is 5.14 Å². The van der Waals surface area contributed by atoms with E-state index < -0.39 is 10.0 Å². The second-order valence-electron chi connectivity index (χ2n) is 4.46. The van der Waals surface area contributed by atoms with E-state index >= 15 is 0 Å². The molecule has 0 radical (unpaired) electrons. The highest BCUT2D eigenvalue weighted by molar-refractivity contribution is 9.10. The monoisotopic (exact) mass is 342 g/mol. The molecule has 1 saturated carbocycles. The highest BCUT2D eigenvalue weighted by Gasteiger charge is 2.33. The summed E-state index contributed by atoms with van der Waals surface area (Å²) in [6.07, 6.45) is 1.84. The molecule has 1 fully saturated rings. The Bertz CT molecular complexity index is 720. The van der Waals surface area contributed by atoms with Gasteiger partial charge in [-0.05, 0) is 25.0 Å². The van der Waals surface area contributed by atoms with Crippen LogP contribution in [0, 0.1) is 0 Å². The number of benzene rings is 1. The normalized spacial score (nSPS) is 15.7. The smallest absolute Gasteiger partial charge is 0.273 e. The molecule has 0 unspecified atom stereocenters. The number of hydrogen-bond acceptors (Lipinski definition) is 4. The lowest BCUT2D eigenvalue weighted by molar-refractivity contribution is 0.567. The van der Waals surface area contributed by atoms with Crippen LogP contribution in [0.5, 0.6) is 0 Å². The number of nitrogens with zero attached hydrogens (tertiary/aromatic N) is 3. The van der Waals surface area contributed by atoms with Gasteiger partial charge in [-0.25, -0.2) is 13.6 Å². The lowest BCUT2D eigenvalue weighted by atomic mass is 10.2. The number of hydrogen-bond donors (Lipinski definition) is 1. The quantitative estimate of drug-likeness (QED) is 0.918. The molecule has 19 heavy (non-hydrogen) atoms. The summed E-state index contributed by atoms with van der Waals surface area (Å²) in [7, 11) is -3.85. The van der Waals surface area contributed by atoms with Crippen molar-refractivity contribution in [3.63, 3.8) is 0 Å². The molecule has 1 heterocycles. The second kappa shape index (κ2) is 4.39. The lowest BCUT2D eigenvalue weighted by Crippen LogP contribution is -2.18. The van der Waals surface area contributed by atoms with E-state index in [1.807, 2.05) is 24.3 Å². The Morgan fingerprint density at radius 3 is 2.37 bits per heavy atom. The summed E-state index contributed by atoms with van der Waals surface area (Å²) < 4.78 is 25.6. The van der Waals surface area contributed by atoms with Crippen LogP contribution in [0.15, 0.2) is 33.9 Å². The van der Waals surface area contributed by atoms with Crippen molar-refractivity contribution < 1.29 is 8.42 Å². The molecule has 0 bridgehead atoms. The third-order valence-corrected chi connectivity index (χ3v) is 4.25. The topological polar surface area (TPSA) is 90.9 Å². The Labute approximate surface area is 118 Å². The van der Waals surface area contributed by atoms with Crippen LogP contribution in [0.25, 0.3) is 11.4 Å². The van der Waals surface area contributed by atoms with Crippen molar-refractivity contribution in [3.05, 3.63) is 28.7 Å². The molecule has 0 atom stereocenters. The van der Waals surface area contributed by atoms with Crippen LogP contribution in [0.1, 0.15) is 18.9 Å². The van der Waals surface area contributed by atoms with Gasteiger partial charge < -0.3 is 0 Å². The van der Waals surface area contributed by atoms with E-state index in [9.17, 15) is 8.42 Å². The number of rotatable bonds is 3. The second-order valence-corrected chi connectivity index (χ2v) is 6.83. The fraction of sp³-hybridized carbons (Fsp3) is 0.273. The van der Waals surface area contributed by atoms with Gasteiger partial charge in [-0.2, -0.15) is 0 Å². The number of aromatic nitrogens is 3. The van der Waals surface area contributed by atoms with Gasteiger partial charge in [0.25, 0.3) is 15.2 Å². The summed E-state index contributed by atoms with van der Waals surface area (Å²) >= 11 is 3.36. The van der Waals surface area contributed by atoms with Crippen LogP contribution in [0.2, 0.25) is 0 Å². The maximum Gasteiger partial charge on any atom is 0.273 e. The molecule has 0 amide bonds. The summed E-state index contributed by atoms with van der Waals surface area (Å²) in [4.78, 5) is 0. The van der Waals surface area contributed by atoms with Crippen LogP contribution >= 0.6 is 15.9 Å². The third-order valence-electron chi connectivity index (χ3n) is 2.93. The number of halogens is 1. The standard InChI is InChI=1S/C11H11BrN4O2S/c12-8-3-1-7(2-4-8)10-14-15-11(19(13,17)18)16(10)9-5-6-9/h1-4,9H,5-6H2,(H2,13,17,18). The van der Waals surface area contributed by atoms with Crippen molar-refractivity contribution in [1.29, 1.82) is 0 Å². The van der Waals surface area contributed by atoms with E-state index in [4.69, 9.17) is 5.14 Å². The molecule has 0 aliphatic heterocycles. The Kier molecular flexibility index (Phi) is 2.95. The number of nitrogens with two attached hydrogens (primary N) is 1. The maximum absolute atomic E-state index is 11.5. The van der Waals surface area contributed by atoms with Crippen molar-refractivity contribution in [2.45, 2.75) is 24.0 Å². The molecule has 100 valence electrons. The molecule has 3 rings (SSSR count). The molecule has 2 N–H and O–H groups in total. The zero-order valence-corrected chi connectivity index (χ0v) is 12.2. The third kappa shape index (κ3) is 2.43. The molecule has 2 aromatic rings.